The SMILES string of the molecule is CCCCc1ccc2[nH]c(C)c(C[NH+](CC(C)C)CC(C)C)c(=O)c2c1. The smallest absolute Gasteiger partial charge is 0.198 e. The van der Waals surface area contributed by atoms with Crippen LogP contribution in [0.2, 0.25) is 0 Å². The van der Waals surface area contributed by atoms with Gasteiger partial charge >= 0.3 is 0 Å². The summed E-state index contributed by atoms with van der Waals surface area (Å²) in [6, 6.07) is 6.34. The minimum Gasteiger partial charge on any atom is -0.358 e. The number of quaternary nitrogens is 1. The minimum absolute atomic E-state index is 0.222. The number of benzene rings is 1. The summed E-state index contributed by atoms with van der Waals surface area (Å²) in [5.74, 6) is 1.26. The number of rotatable bonds is 9. The molecule has 0 saturated heterocycles. The van der Waals surface area contributed by atoms with Gasteiger partial charge in [-0.25, -0.2) is 0 Å². The van der Waals surface area contributed by atoms with Crippen molar-refractivity contribution in [2.75, 3.05) is 13.1 Å². The van der Waals surface area contributed by atoms with Gasteiger partial charge in [0.05, 0.1) is 18.7 Å². The maximum atomic E-state index is 13.2. The highest BCUT2D eigenvalue weighted by molar-refractivity contribution is 5.80. The van der Waals surface area contributed by atoms with Crippen molar-refractivity contribution < 1.29 is 4.90 Å². The van der Waals surface area contributed by atoms with Gasteiger partial charge in [-0.1, -0.05) is 47.1 Å². The molecule has 0 aliphatic carbocycles. The summed E-state index contributed by atoms with van der Waals surface area (Å²) in [5.41, 5.74) is 4.44. The molecule has 2 N–H and O–H groups in total. The first-order chi connectivity index (χ1) is 12.3. The van der Waals surface area contributed by atoms with E-state index in [9.17, 15) is 4.79 Å². The van der Waals surface area contributed by atoms with Crippen LogP contribution in [0.4, 0.5) is 0 Å². The Morgan fingerprint density at radius 1 is 1.08 bits per heavy atom. The highest BCUT2D eigenvalue weighted by atomic mass is 16.1. The largest absolute Gasteiger partial charge is 0.358 e. The molecule has 26 heavy (non-hydrogen) atoms. The van der Waals surface area contributed by atoms with E-state index in [1.165, 1.54) is 23.3 Å². The molecule has 3 heteroatoms. The summed E-state index contributed by atoms with van der Waals surface area (Å²) < 4.78 is 0. The lowest BCUT2D eigenvalue weighted by Crippen LogP contribution is -3.12. The van der Waals surface area contributed by atoms with E-state index in [4.69, 9.17) is 0 Å². The molecule has 0 atom stereocenters. The molecule has 1 aromatic carbocycles. The van der Waals surface area contributed by atoms with Crippen LogP contribution < -0.4 is 10.3 Å². The van der Waals surface area contributed by atoms with E-state index in [0.717, 1.165) is 48.2 Å². The van der Waals surface area contributed by atoms with Crippen LogP contribution in [-0.2, 0) is 13.0 Å². The van der Waals surface area contributed by atoms with E-state index in [0.29, 0.717) is 11.8 Å². The summed E-state index contributed by atoms with van der Waals surface area (Å²) in [7, 11) is 0. The highest BCUT2D eigenvalue weighted by Gasteiger charge is 2.18. The van der Waals surface area contributed by atoms with Crippen molar-refractivity contribution in [2.24, 2.45) is 11.8 Å². The zero-order valence-corrected chi connectivity index (χ0v) is 17.5. The Hall–Kier alpha value is -1.61. The van der Waals surface area contributed by atoms with Crippen molar-refractivity contribution in [3.8, 4) is 0 Å². The molecule has 0 bridgehead atoms. The third kappa shape index (κ3) is 5.44. The lowest BCUT2D eigenvalue weighted by molar-refractivity contribution is -0.919. The second-order valence-corrected chi connectivity index (χ2v) is 8.66. The van der Waals surface area contributed by atoms with Gasteiger partial charge in [-0.05, 0) is 37.5 Å². The molecule has 0 radical (unpaired) electrons. The fourth-order valence-corrected chi connectivity index (χ4v) is 3.88. The molecule has 0 amide bonds. The molecule has 0 spiro atoms. The predicted octanol–water partition coefficient (Wildman–Crippen LogP) is 3.88. The third-order valence-electron chi connectivity index (χ3n) is 5.02. The fraction of sp³-hybridized carbons (Fsp3) is 0.609. The molecule has 2 rings (SSSR count). The summed E-state index contributed by atoms with van der Waals surface area (Å²) in [4.78, 5) is 18.2. The van der Waals surface area contributed by atoms with E-state index in [1.54, 1.807) is 0 Å². The standard InChI is InChI=1S/C23H36N2O/c1-7-8-9-19-10-11-22-20(12-19)23(26)21(18(6)24-22)15-25(13-16(2)3)14-17(4)5/h10-12,16-17H,7-9,13-15H2,1-6H3,(H,24,26)/p+1. The van der Waals surface area contributed by atoms with Crippen LogP contribution in [0.1, 0.15) is 64.3 Å². The van der Waals surface area contributed by atoms with Gasteiger partial charge in [0.25, 0.3) is 0 Å². The summed E-state index contributed by atoms with van der Waals surface area (Å²) in [6.45, 7) is 16.3. The van der Waals surface area contributed by atoms with Crippen LogP contribution >= 0.6 is 0 Å². The van der Waals surface area contributed by atoms with Gasteiger partial charge in [0.1, 0.15) is 6.54 Å². The number of aryl methyl sites for hydroxylation is 2. The number of aromatic amines is 1. The van der Waals surface area contributed by atoms with Gasteiger partial charge in [0.2, 0.25) is 0 Å². The Bertz CT molecular complexity index is 764. The number of hydrogen-bond acceptors (Lipinski definition) is 1. The molecule has 0 unspecified atom stereocenters. The Morgan fingerprint density at radius 2 is 1.73 bits per heavy atom. The zero-order chi connectivity index (χ0) is 19.3. The minimum atomic E-state index is 0.222. The normalized spacial score (nSPS) is 12.0. The monoisotopic (exact) mass is 357 g/mol. The first kappa shape index (κ1) is 20.7. The highest BCUT2D eigenvalue weighted by Crippen LogP contribution is 2.15. The number of aromatic nitrogens is 1. The van der Waals surface area contributed by atoms with Crippen molar-refractivity contribution in [3.05, 3.63) is 45.2 Å². The molecular weight excluding hydrogens is 320 g/mol. The molecule has 3 nitrogen and oxygen atoms in total. The van der Waals surface area contributed by atoms with Gasteiger partial charge in [0.15, 0.2) is 5.43 Å². The number of hydrogen-bond donors (Lipinski definition) is 2. The van der Waals surface area contributed by atoms with Crippen LogP contribution in [0.3, 0.4) is 0 Å². The molecule has 2 aromatic rings. The van der Waals surface area contributed by atoms with E-state index in [-0.39, 0.29) is 5.43 Å². The quantitative estimate of drug-likeness (QED) is 0.702. The zero-order valence-electron chi connectivity index (χ0n) is 17.5. The Kier molecular flexibility index (Phi) is 7.45. The van der Waals surface area contributed by atoms with Crippen molar-refractivity contribution in [2.45, 2.75) is 67.3 Å². The summed E-state index contributed by atoms with van der Waals surface area (Å²) in [5, 5.41) is 0.854. The van der Waals surface area contributed by atoms with Crippen LogP contribution in [0.5, 0.6) is 0 Å². The van der Waals surface area contributed by atoms with Crippen LogP contribution in [-0.4, -0.2) is 18.1 Å². The fourth-order valence-electron chi connectivity index (χ4n) is 3.88. The number of fused-ring (bicyclic) bond motifs is 1. The van der Waals surface area contributed by atoms with Crippen LogP contribution in [0, 0.1) is 18.8 Å². The molecule has 0 saturated carbocycles. The van der Waals surface area contributed by atoms with E-state index in [2.05, 4.69) is 57.8 Å². The summed E-state index contributed by atoms with van der Waals surface area (Å²) >= 11 is 0. The first-order valence-electron chi connectivity index (χ1n) is 10.3. The van der Waals surface area contributed by atoms with Crippen molar-refractivity contribution in [1.82, 2.24) is 4.98 Å². The number of H-pyrrole nitrogens is 1. The van der Waals surface area contributed by atoms with Crippen molar-refractivity contribution >= 4 is 10.9 Å². The number of unbranched alkanes of at least 4 members (excludes halogenated alkanes) is 1. The second kappa shape index (κ2) is 9.36. The molecule has 1 heterocycles. The van der Waals surface area contributed by atoms with Gasteiger partial charge in [-0.2, -0.15) is 0 Å². The summed E-state index contributed by atoms with van der Waals surface area (Å²) in [6.07, 6.45) is 3.40. The molecule has 0 fully saturated rings. The predicted molar refractivity (Wildman–Crippen MR) is 112 cm³/mol. The average Bonchev–Trinajstić information content (AvgIpc) is 2.55. The van der Waals surface area contributed by atoms with Gasteiger partial charge < -0.3 is 9.88 Å². The molecular formula is C23H37N2O+. The number of nitrogens with one attached hydrogen (secondary N) is 2. The van der Waals surface area contributed by atoms with Crippen LogP contribution in [0.25, 0.3) is 10.9 Å². The molecule has 144 valence electrons. The van der Waals surface area contributed by atoms with Gasteiger partial charge in [-0.15, -0.1) is 0 Å². The van der Waals surface area contributed by atoms with Gasteiger partial charge in [0, 0.05) is 28.4 Å². The van der Waals surface area contributed by atoms with Crippen molar-refractivity contribution in [3.63, 3.8) is 0 Å². The first-order valence-corrected chi connectivity index (χ1v) is 10.3. The molecule has 0 aliphatic rings. The Labute approximate surface area is 158 Å². The molecule has 1 aromatic heterocycles. The Morgan fingerprint density at radius 3 is 2.31 bits per heavy atom. The van der Waals surface area contributed by atoms with Crippen LogP contribution in [0.15, 0.2) is 23.0 Å². The van der Waals surface area contributed by atoms with Crippen molar-refractivity contribution in [1.29, 1.82) is 0 Å². The second-order valence-electron chi connectivity index (χ2n) is 8.66. The topological polar surface area (TPSA) is 37.3 Å². The lowest BCUT2D eigenvalue weighted by atomic mass is 10.0. The lowest BCUT2D eigenvalue weighted by Gasteiger charge is -2.24. The molecule has 0 aliphatic heterocycles. The number of pyridine rings is 1. The third-order valence-corrected chi connectivity index (χ3v) is 5.02. The van der Waals surface area contributed by atoms with E-state index >= 15 is 0 Å². The van der Waals surface area contributed by atoms with E-state index in [1.807, 2.05) is 6.92 Å². The maximum Gasteiger partial charge on any atom is 0.198 e. The Balaban J connectivity index is 2.40. The maximum absolute atomic E-state index is 13.2. The van der Waals surface area contributed by atoms with E-state index < -0.39 is 0 Å². The average molecular weight is 358 g/mol. The van der Waals surface area contributed by atoms with Gasteiger partial charge in [-0.3, -0.25) is 4.79 Å².